The minimum atomic E-state index is -0.776. The molecular weight excluding hydrogens is 369 g/mol. The van der Waals surface area contributed by atoms with Gasteiger partial charge in [-0.05, 0) is 24.6 Å². The van der Waals surface area contributed by atoms with Crippen LogP contribution in [0.1, 0.15) is 29.3 Å². The Labute approximate surface area is 159 Å². The number of nitrogens with one attached hydrogen (secondary N) is 1. The molecule has 0 aliphatic rings. The van der Waals surface area contributed by atoms with Gasteiger partial charge in [-0.2, -0.15) is 0 Å². The Balaban J connectivity index is 2.41. The number of nitrogens with zero attached hydrogens (tertiary/aromatic N) is 2. The van der Waals surface area contributed by atoms with Crippen molar-refractivity contribution in [3.63, 3.8) is 0 Å². The number of rotatable bonds is 9. The van der Waals surface area contributed by atoms with Gasteiger partial charge >= 0.3 is 5.69 Å². The number of nitrogen functional groups attached to an aromatic ring is 1. The molecule has 1 aromatic carbocycles. The number of Topliss-reactive ketones (excluding diaryl/α,β-unsaturated/α-hetero) is 1. The molecule has 28 heavy (non-hydrogen) atoms. The van der Waals surface area contributed by atoms with Gasteiger partial charge in [0.2, 0.25) is 5.91 Å². The van der Waals surface area contributed by atoms with Crippen molar-refractivity contribution in [1.29, 1.82) is 0 Å². The lowest BCUT2D eigenvalue weighted by Crippen LogP contribution is -2.45. The van der Waals surface area contributed by atoms with Crippen molar-refractivity contribution in [1.82, 2.24) is 14.5 Å². The SMILES string of the molecule is CCn1c(=O)c(C(=O)CNCCC(N)=O)c(N)n(Cc2ccc(F)cc2)c1=O. The van der Waals surface area contributed by atoms with Crippen molar-refractivity contribution >= 4 is 17.5 Å². The van der Waals surface area contributed by atoms with Crippen LogP contribution in [0, 0.1) is 5.82 Å². The maximum Gasteiger partial charge on any atom is 0.332 e. The van der Waals surface area contributed by atoms with Gasteiger partial charge in [0.25, 0.3) is 5.56 Å². The molecule has 2 rings (SSSR count). The maximum atomic E-state index is 13.1. The molecule has 0 saturated carbocycles. The van der Waals surface area contributed by atoms with Crippen LogP contribution in [0.2, 0.25) is 0 Å². The Kier molecular flexibility index (Phi) is 6.83. The standard InChI is InChI=1S/C18H22FN5O4/c1-2-23-17(27)15(13(25)9-22-8-7-14(20)26)16(21)24(18(23)28)10-11-3-5-12(19)6-4-11/h3-6,22H,2,7-10,21H2,1H3,(H2,20,26). The molecule has 0 aliphatic carbocycles. The third-order valence-electron chi connectivity index (χ3n) is 4.15. The lowest BCUT2D eigenvalue weighted by atomic mass is 10.1. The summed E-state index contributed by atoms with van der Waals surface area (Å²) < 4.78 is 15.1. The molecule has 0 radical (unpaired) electrons. The first-order valence-electron chi connectivity index (χ1n) is 8.66. The second-order valence-electron chi connectivity index (χ2n) is 6.12. The highest BCUT2D eigenvalue weighted by Crippen LogP contribution is 2.10. The fraction of sp³-hybridized carbons (Fsp3) is 0.333. The molecule has 150 valence electrons. The highest BCUT2D eigenvalue weighted by Gasteiger charge is 2.22. The van der Waals surface area contributed by atoms with Crippen LogP contribution in [0.5, 0.6) is 0 Å². The van der Waals surface area contributed by atoms with Gasteiger partial charge in [0, 0.05) is 19.5 Å². The summed E-state index contributed by atoms with van der Waals surface area (Å²) in [5, 5.41) is 2.71. The fourth-order valence-corrected chi connectivity index (χ4v) is 2.68. The van der Waals surface area contributed by atoms with Crippen LogP contribution in [0.3, 0.4) is 0 Å². The number of hydrogen-bond acceptors (Lipinski definition) is 6. The highest BCUT2D eigenvalue weighted by molar-refractivity contribution is 6.01. The number of hydrogen-bond donors (Lipinski definition) is 3. The molecule has 0 spiro atoms. The summed E-state index contributed by atoms with van der Waals surface area (Å²) in [6.45, 7) is 1.54. The number of benzene rings is 1. The molecule has 1 heterocycles. The second kappa shape index (κ2) is 9.09. The number of nitrogens with two attached hydrogens (primary N) is 2. The summed E-state index contributed by atoms with van der Waals surface area (Å²) in [7, 11) is 0. The number of ketones is 1. The first-order valence-corrected chi connectivity index (χ1v) is 8.66. The van der Waals surface area contributed by atoms with Crippen LogP contribution in [-0.2, 0) is 17.9 Å². The normalized spacial score (nSPS) is 10.8. The smallest absolute Gasteiger partial charge is 0.332 e. The number of halogens is 1. The molecule has 9 nitrogen and oxygen atoms in total. The quantitative estimate of drug-likeness (QED) is 0.387. The number of carbonyl (C=O) groups is 2. The lowest BCUT2D eigenvalue weighted by molar-refractivity contribution is -0.117. The molecule has 0 atom stereocenters. The maximum absolute atomic E-state index is 13.1. The van der Waals surface area contributed by atoms with Crippen LogP contribution >= 0.6 is 0 Å². The number of aromatic nitrogens is 2. The fourth-order valence-electron chi connectivity index (χ4n) is 2.68. The minimum absolute atomic E-state index is 0.0272. The van der Waals surface area contributed by atoms with E-state index >= 15 is 0 Å². The van der Waals surface area contributed by atoms with Crippen LogP contribution in [0.4, 0.5) is 10.2 Å². The zero-order valence-electron chi connectivity index (χ0n) is 15.4. The summed E-state index contributed by atoms with van der Waals surface area (Å²) >= 11 is 0. The van der Waals surface area contributed by atoms with E-state index in [2.05, 4.69) is 5.32 Å². The average Bonchev–Trinajstić information content (AvgIpc) is 2.64. The molecule has 10 heteroatoms. The predicted molar refractivity (Wildman–Crippen MR) is 102 cm³/mol. The highest BCUT2D eigenvalue weighted by atomic mass is 19.1. The van der Waals surface area contributed by atoms with Gasteiger partial charge in [0.05, 0.1) is 13.1 Å². The summed E-state index contributed by atoms with van der Waals surface area (Å²) in [5.74, 6) is -1.83. The first-order chi connectivity index (χ1) is 13.3. The van der Waals surface area contributed by atoms with Crippen molar-refractivity contribution in [2.75, 3.05) is 18.8 Å². The minimum Gasteiger partial charge on any atom is -0.384 e. The topological polar surface area (TPSA) is 142 Å². The van der Waals surface area contributed by atoms with Gasteiger partial charge in [0.15, 0.2) is 5.78 Å². The molecule has 0 fully saturated rings. The monoisotopic (exact) mass is 391 g/mol. The van der Waals surface area contributed by atoms with E-state index in [-0.39, 0.29) is 44.0 Å². The van der Waals surface area contributed by atoms with E-state index < -0.39 is 28.8 Å². The summed E-state index contributed by atoms with van der Waals surface area (Å²) in [6, 6.07) is 5.44. The van der Waals surface area contributed by atoms with Crippen molar-refractivity contribution < 1.29 is 14.0 Å². The zero-order chi connectivity index (χ0) is 20.8. The van der Waals surface area contributed by atoms with Crippen LogP contribution in [0.25, 0.3) is 0 Å². The number of carbonyl (C=O) groups excluding carboxylic acids is 2. The third-order valence-corrected chi connectivity index (χ3v) is 4.15. The summed E-state index contributed by atoms with van der Waals surface area (Å²) in [5.41, 5.74) is 9.85. The summed E-state index contributed by atoms with van der Waals surface area (Å²) in [6.07, 6.45) is 0.0337. The lowest BCUT2D eigenvalue weighted by Gasteiger charge is -2.16. The van der Waals surface area contributed by atoms with Crippen molar-refractivity contribution in [3.05, 3.63) is 62.0 Å². The van der Waals surface area contributed by atoms with Crippen molar-refractivity contribution in [2.45, 2.75) is 26.4 Å². The molecule has 0 saturated heterocycles. The Morgan fingerprint density at radius 1 is 1.14 bits per heavy atom. The summed E-state index contributed by atoms with van der Waals surface area (Å²) in [4.78, 5) is 48.5. The molecule has 1 amide bonds. The van der Waals surface area contributed by atoms with Gasteiger partial charge in [-0.15, -0.1) is 0 Å². The molecule has 0 aliphatic heterocycles. The molecule has 5 N–H and O–H groups in total. The van der Waals surface area contributed by atoms with E-state index in [0.29, 0.717) is 5.56 Å². The van der Waals surface area contributed by atoms with E-state index in [0.717, 1.165) is 9.13 Å². The van der Waals surface area contributed by atoms with Crippen LogP contribution in [-0.4, -0.2) is 33.9 Å². The molecule has 0 bridgehead atoms. The third kappa shape index (κ3) is 4.71. The Hall–Kier alpha value is -3.27. The van der Waals surface area contributed by atoms with Gasteiger partial charge in [-0.3, -0.25) is 23.5 Å². The van der Waals surface area contributed by atoms with E-state index in [1.54, 1.807) is 6.92 Å². The number of anilines is 1. The van der Waals surface area contributed by atoms with Gasteiger partial charge < -0.3 is 16.8 Å². The Morgan fingerprint density at radius 2 is 1.79 bits per heavy atom. The molecule has 1 aromatic heterocycles. The van der Waals surface area contributed by atoms with Crippen molar-refractivity contribution in [3.8, 4) is 0 Å². The first kappa shape index (κ1) is 21.0. The molecule has 0 unspecified atom stereocenters. The van der Waals surface area contributed by atoms with E-state index in [4.69, 9.17) is 11.5 Å². The van der Waals surface area contributed by atoms with E-state index in [1.165, 1.54) is 24.3 Å². The van der Waals surface area contributed by atoms with Crippen molar-refractivity contribution in [2.24, 2.45) is 5.73 Å². The molecule has 2 aromatic rings. The largest absolute Gasteiger partial charge is 0.384 e. The van der Waals surface area contributed by atoms with Gasteiger partial charge in [-0.1, -0.05) is 12.1 Å². The zero-order valence-corrected chi connectivity index (χ0v) is 15.4. The number of primary amides is 1. The van der Waals surface area contributed by atoms with E-state index in [9.17, 15) is 23.6 Å². The average molecular weight is 391 g/mol. The Bertz CT molecular complexity index is 995. The molecular formula is C18H22FN5O4. The Morgan fingerprint density at radius 3 is 2.36 bits per heavy atom. The van der Waals surface area contributed by atoms with Gasteiger partial charge in [0.1, 0.15) is 17.2 Å². The van der Waals surface area contributed by atoms with Crippen LogP contribution in [0.15, 0.2) is 33.9 Å². The second-order valence-corrected chi connectivity index (χ2v) is 6.12. The predicted octanol–water partition coefficient (Wildman–Crippen LogP) is -0.553. The van der Waals surface area contributed by atoms with E-state index in [1.807, 2.05) is 0 Å². The van der Waals surface area contributed by atoms with Gasteiger partial charge in [-0.25, -0.2) is 9.18 Å². The van der Waals surface area contributed by atoms with Crippen LogP contribution < -0.4 is 28.0 Å². The number of amides is 1.